The molecule has 19 rings (SSSR count). The molecule has 4 aromatic carbocycles. The molecule has 4 fully saturated rings. The molecule has 0 radical (unpaired) electrons. The van der Waals surface area contributed by atoms with E-state index in [1.54, 1.807) is 150 Å². The first-order valence-corrected chi connectivity index (χ1v) is 52.5. The summed E-state index contributed by atoms with van der Waals surface area (Å²) in [6, 6.07) is 48.9. The van der Waals surface area contributed by atoms with E-state index in [2.05, 4.69) is 65.4 Å². The molecule has 4 aliphatic rings. The van der Waals surface area contributed by atoms with Gasteiger partial charge in [-0.3, -0.25) is 38.7 Å². The number of rotatable bonds is 28. The summed E-state index contributed by atoms with van der Waals surface area (Å²) in [5.41, 5.74) is 7.95. The van der Waals surface area contributed by atoms with E-state index < -0.39 is 31.8 Å². The van der Waals surface area contributed by atoms with E-state index in [1.807, 2.05) is 74.4 Å². The minimum atomic E-state index is -4.41. The van der Waals surface area contributed by atoms with Gasteiger partial charge in [0.2, 0.25) is 54.8 Å². The number of benzene rings is 4. The Balaban J connectivity index is 0.000000130. The van der Waals surface area contributed by atoms with Gasteiger partial charge in [-0.1, -0.05) is 12.1 Å². The summed E-state index contributed by atoms with van der Waals surface area (Å²) in [6.45, 7) is 28.9. The van der Waals surface area contributed by atoms with E-state index in [4.69, 9.17) is 33.2 Å². The van der Waals surface area contributed by atoms with Gasteiger partial charge in [0.25, 0.3) is 0 Å². The predicted molar refractivity (Wildman–Crippen MR) is 538 cm³/mol. The Morgan fingerprint density at radius 1 is 0.394 bits per heavy atom. The summed E-state index contributed by atoms with van der Waals surface area (Å²) in [4.78, 5) is 85.2. The molecule has 11 aromatic heterocycles. The third-order valence-electron chi connectivity index (χ3n) is 24.6. The average molecular weight is 2000 g/mol. The second kappa shape index (κ2) is 44.5. The number of methoxy groups -OCH3 is 3. The summed E-state index contributed by atoms with van der Waals surface area (Å²) in [5.74, 6) is 1.68. The number of halogens is 3. The van der Waals surface area contributed by atoms with Gasteiger partial charge in [0.15, 0.2) is 0 Å². The van der Waals surface area contributed by atoms with Gasteiger partial charge in [-0.2, -0.15) is 13.2 Å². The van der Waals surface area contributed by atoms with Crippen LogP contribution in [-0.2, 0) is 64.8 Å². The molecular weight excluding hydrogens is 1890 g/mol. The molecule has 0 bridgehead atoms. The van der Waals surface area contributed by atoms with Crippen molar-refractivity contribution in [3.05, 3.63) is 262 Å². The van der Waals surface area contributed by atoms with E-state index in [9.17, 15) is 54.0 Å². The van der Waals surface area contributed by atoms with Gasteiger partial charge in [0, 0.05) is 207 Å². The number of pyridine rings is 1. The van der Waals surface area contributed by atoms with Crippen LogP contribution in [0.25, 0.3) is 51.1 Å². The summed E-state index contributed by atoms with van der Waals surface area (Å²) < 4.78 is 136. The molecule has 0 N–H and O–H groups in total. The minimum absolute atomic E-state index is 0.00346. The lowest BCUT2D eigenvalue weighted by atomic mass is 10.0. The number of alkyl halides is 3. The van der Waals surface area contributed by atoms with Crippen molar-refractivity contribution in [1.29, 1.82) is 0 Å². The number of aromatic nitrogens is 6. The SMILES string of the molecule is CCS(=O)(=O)n1c(C)cc2cc(C(=O)c3ccc(OC)cc3)sc21.COc1ccc(C(=O)c2cc3cc(C)n(CCN4CCOCC4)c3s2)cn1.COc1ccc(C(=O)c2cc3cc(C)n(S(=O)(=O)CC4CCOCC4)c3s2)cc1.Cc1cc2cc(C(=O)c3ccc(C(F)(F)F)cc3)sc2n1CCN1CCOCC1.Cc1cc2cc(C(=O)c3ccc(N(C)C)cc3)sc2n1CCN1CCOCC1. The normalized spacial score (nSPS) is 14.9. The summed E-state index contributed by atoms with van der Waals surface area (Å²) in [6.07, 6.45) is -1.32. The molecule has 15 aromatic rings. The van der Waals surface area contributed by atoms with Crippen LogP contribution in [0, 0.1) is 40.5 Å². The number of hydrogen-bond donors (Lipinski definition) is 0. The molecule has 0 amide bonds. The Hall–Kier alpha value is -10.8. The molecule has 15 heterocycles. The van der Waals surface area contributed by atoms with Crippen molar-refractivity contribution in [2.45, 2.75) is 80.2 Å². The van der Waals surface area contributed by atoms with Crippen LogP contribution in [-0.4, -0.2) is 246 Å². The molecule has 36 heteroatoms. The van der Waals surface area contributed by atoms with E-state index in [0.717, 1.165) is 206 Å². The first-order valence-electron chi connectivity index (χ1n) is 45.2. The van der Waals surface area contributed by atoms with Crippen LogP contribution in [0.5, 0.6) is 17.4 Å². The highest BCUT2D eigenvalue weighted by atomic mass is 32.2. The largest absolute Gasteiger partial charge is 0.497 e. The Labute approximate surface area is 814 Å². The van der Waals surface area contributed by atoms with Crippen molar-refractivity contribution in [3.8, 4) is 17.4 Å². The number of ketones is 5. The third-order valence-corrected chi connectivity index (χ3v) is 34.3. The maximum atomic E-state index is 13.1. The van der Waals surface area contributed by atoms with E-state index in [0.29, 0.717) is 83.0 Å². The predicted octanol–water partition coefficient (Wildman–Crippen LogP) is 18.5. The van der Waals surface area contributed by atoms with Crippen LogP contribution >= 0.6 is 56.7 Å². The van der Waals surface area contributed by atoms with Crippen LogP contribution in [0.1, 0.15) is 130 Å². The zero-order valence-electron chi connectivity index (χ0n) is 78.3. The number of fused-ring (bicyclic) bond motifs is 5. The lowest BCUT2D eigenvalue weighted by molar-refractivity contribution is -0.137. The summed E-state index contributed by atoms with van der Waals surface area (Å²) >= 11 is 6.98. The fraction of sp³-hybridized carbons (Fsp3) is 0.366. The molecule has 724 valence electrons. The number of carbonyl (C=O) groups is 5. The number of morpholine rings is 3. The quantitative estimate of drug-likeness (QED) is 0.0412. The van der Waals surface area contributed by atoms with Gasteiger partial charge in [0.05, 0.1) is 102 Å². The Morgan fingerprint density at radius 3 is 1.02 bits per heavy atom. The molecule has 26 nitrogen and oxygen atoms in total. The number of nitrogens with zero attached hydrogens (tertiary/aromatic N) is 10. The maximum Gasteiger partial charge on any atom is 0.416 e. The lowest BCUT2D eigenvalue weighted by Gasteiger charge is -2.26. The average Bonchev–Trinajstić information content (AvgIpc) is 1.60. The van der Waals surface area contributed by atoms with Crippen molar-refractivity contribution in [3.63, 3.8) is 0 Å². The fourth-order valence-electron chi connectivity index (χ4n) is 17.0. The van der Waals surface area contributed by atoms with Crippen molar-refractivity contribution in [2.75, 3.05) is 164 Å². The van der Waals surface area contributed by atoms with Gasteiger partial charge in [-0.25, -0.2) is 29.8 Å². The second-order valence-corrected chi connectivity index (χ2v) is 43.2. The highest BCUT2D eigenvalue weighted by Gasteiger charge is 2.33. The fourth-order valence-corrected chi connectivity index (χ4v) is 26.6. The molecule has 137 heavy (non-hydrogen) atoms. The standard InChI is InChI=1S/C22H27N3O2S.C21H21F3N2O2S.C21H23NO5S2.C20H23N3O3S.C17H17NO4S2/c1-16-14-18-15-20(21(26)17-4-6-19(7-5-17)23(2)3)28-22(18)25(16)9-8-24-10-12-27-13-11-24;1-14-12-16-13-18(19(27)15-2-4-17(5-3-15)21(22,23)24)29-20(16)26(14)7-6-25-8-10-28-11-9-25;1-14-11-17-12-19(20(23)16-3-5-18(26-2)6-4-16)28-21(17)22(14)29(24,25)13-15-7-9-27-10-8-15;1-14-11-16-12-17(19(24)15-3-4-18(25-2)21-13-15)27-20(16)23(14)6-5-22-7-9-26-10-8-22;1-4-24(20,21)18-11(2)9-13-10-15(23-17(13)18)16(19)12-5-7-14(22-3)8-6-12/h4-7,14-15H,8-13H2,1-3H3;2-5,12-13H,6-11H2,1H3;3-6,11-12,15H,7-10,13H2,1-2H3;3-4,11-13H,5-10H2,1-2H3;5-10H,4H2,1-3H3. The van der Waals surface area contributed by atoms with Crippen molar-refractivity contribution >= 4 is 162 Å². The number of hydrogen-bond acceptors (Lipinski definition) is 26. The topological polar surface area (TPSA) is 269 Å². The Kier molecular flexibility index (Phi) is 32.7. The molecule has 4 aliphatic heterocycles. The van der Waals surface area contributed by atoms with Crippen molar-refractivity contribution in [2.24, 2.45) is 5.92 Å². The molecule has 0 unspecified atom stereocenters. The van der Waals surface area contributed by atoms with Crippen molar-refractivity contribution < 1.29 is 87.1 Å². The minimum Gasteiger partial charge on any atom is -0.497 e. The van der Waals surface area contributed by atoms with Crippen LogP contribution in [0.2, 0.25) is 0 Å². The monoisotopic (exact) mass is 2000 g/mol. The number of aryl methyl sites for hydroxylation is 5. The van der Waals surface area contributed by atoms with E-state index in [-0.39, 0.29) is 51.9 Å². The Morgan fingerprint density at radius 2 is 0.701 bits per heavy atom. The molecule has 0 atom stereocenters. The highest BCUT2D eigenvalue weighted by molar-refractivity contribution is 7.90. The van der Waals surface area contributed by atoms with E-state index >= 15 is 0 Å². The summed E-state index contributed by atoms with van der Waals surface area (Å²) in [7, 11) is 1.79. The molecular formula is C101H111F3N10O16S7. The van der Waals surface area contributed by atoms with Crippen LogP contribution < -0.4 is 19.1 Å². The molecule has 0 aliphatic carbocycles. The van der Waals surface area contributed by atoms with Gasteiger partial charge in [-0.05, 0) is 212 Å². The molecule has 0 saturated carbocycles. The lowest BCUT2D eigenvalue weighted by Crippen LogP contribution is -2.38. The van der Waals surface area contributed by atoms with Crippen molar-refractivity contribution in [1.82, 2.24) is 41.3 Å². The first-order chi connectivity index (χ1) is 65.8. The molecule has 0 spiro atoms. The van der Waals surface area contributed by atoms with Gasteiger partial charge >= 0.3 is 6.18 Å². The number of carbonyl (C=O) groups excluding carboxylic acids is 5. The molecule has 4 saturated heterocycles. The smallest absolute Gasteiger partial charge is 0.416 e. The zero-order valence-corrected chi connectivity index (χ0v) is 84.0. The number of anilines is 1. The van der Waals surface area contributed by atoms with Crippen LogP contribution in [0.15, 0.2) is 176 Å². The summed E-state index contributed by atoms with van der Waals surface area (Å²) in [5, 5.41) is 4.83. The highest BCUT2D eigenvalue weighted by Crippen LogP contribution is 2.39. The van der Waals surface area contributed by atoms with Gasteiger partial charge < -0.3 is 51.8 Å². The first kappa shape index (κ1) is 101. The zero-order chi connectivity index (χ0) is 97.1. The maximum absolute atomic E-state index is 13.1. The van der Waals surface area contributed by atoms with Crippen LogP contribution in [0.3, 0.4) is 0 Å². The van der Waals surface area contributed by atoms with Gasteiger partial charge in [-0.15, -0.1) is 56.7 Å². The van der Waals surface area contributed by atoms with Crippen LogP contribution in [0.4, 0.5) is 18.9 Å². The van der Waals surface area contributed by atoms with Gasteiger partial charge in [0.1, 0.15) is 35.7 Å². The second-order valence-electron chi connectivity index (χ2n) is 34.1. The number of thiophene rings is 5. The third kappa shape index (κ3) is 23.9. The number of ether oxygens (including phenoxy) is 7. The van der Waals surface area contributed by atoms with E-state index in [1.165, 1.54) is 70.3 Å². The Bertz CT molecular complexity index is 7020.